The molecule has 7 nitrogen and oxygen atoms in total. The first-order valence-corrected chi connectivity index (χ1v) is 7.31. The fourth-order valence-electron chi connectivity index (χ4n) is 2.66. The van der Waals surface area contributed by atoms with E-state index in [2.05, 4.69) is 19.9 Å². The van der Waals surface area contributed by atoms with Crippen LogP contribution in [0.3, 0.4) is 0 Å². The minimum Gasteiger partial charge on any atom is -0.480 e. The molecule has 0 spiro atoms. The second-order valence-electron chi connectivity index (χ2n) is 4.85. The number of imidazole rings is 1. The molecule has 0 aliphatic carbocycles. The highest BCUT2D eigenvalue weighted by atomic mass is 32.1. The molecule has 106 valence electrons. The van der Waals surface area contributed by atoms with Gasteiger partial charge in [0.15, 0.2) is 5.82 Å². The molecule has 4 rings (SSSR count). The lowest BCUT2D eigenvalue weighted by molar-refractivity contribution is -0.138. The van der Waals surface area contributed by atoms with Crippen molar-refractivity contribution < 1.29 is 9.90 Å². The van der Waals surface area contributed by atoms with E-state index in [1.54, 1.807) is 6.33 Å². The third-order valence-corrected chi connectivity index (χ3v) is 4.58. The number of anilines is 1. The van der Waals surface area contributed by atoms with Gasteiger partial charge in [0.1, 0.15) is 12.4 Å². The first-order chi connectivity index (χ1) is 10.2. The Morgan fingerprint density at radius 3 is 3.19 bits per heavy atom. The fourth-order valence-corrected chi connectivity index (χ4v) is 3.51. The fraction of sp³-hybridized carbons (Fsp3) is 0.231. The number of hydrogen-bond donors (Lipinski definition) is 2. The van der Waals surface area contributed by atoms with Gasteiger partial charge in [-0.25, -0.2) is 19.7 Å². The highest BCUT2D eigenvalue weighted by Crippen LogP contribution is 2.33. The number of fused-ring (bicyclic) bond motifs is 2. The van der Waals surface area contributed by atoms with Crippen molar-refractivity contribution in [3.05, 3.63) is 35.5 Å². The maximum atomic E-state index is 11.6. The molecule has 3 aromatic rings. The zero-order valence-electron chi connectivity index (χ0n) is 10.9. The number of carbonyl (C=O) groups is 1. The number of nitrogens with one attached hydrogen (secondary N) is 1. The molecule has 0 radical (unpaired) electrons. The number of H-pyrrole nitrogens is 1. The van der Waals surface area contributed by atoms with Crippen LogP contribution < -0.4 is 4.90 Å². The van der Waals surface area contributed by atoms with Crippen LogP contribution in [0.4, 0.5) is 5.82 Å². The van der Waals surface area contributed by atoms with E-state index in [-0.39, 0.29) is 0 Å². The highest BCUT2D eigenvalue weighted by Gasteiger charge is 2.34. The van der Waals surface area contributed by atoms with Crippen LogP contribution in [0.5, 0.6) is 0 Å². The topological polar surface area (TPSA) is 95.0 Å². The summed E-state index contributed by atoms with van der Waals surface area (Å²) in [6.45, 7) is 0.455. The Kier molecular flexibility index (Phi) is 2.64. The first-order valence-electron chi connectivity index (χ1n) is 6.43. The van der Waals surface area contributed by atoms with E-state index in [0.29, 0.717) is 18.8 Å². The van der Waals surface area contributed by atoms with Gasteiger partial charge < -0.3 is 15.0 Å². The summed E-state index contributed by atoms with van der Waals surface area (Å²) >= 11 is 1.52. The third kappa shape index (κ3) is 1.87. The van der Waals surface area contributed by atoms with Gasteiger partial charge in [0, 0.05) is 6.42 Å². The maximum Gasteiger partial charge on any atom is 0.326 e. The standard InChI is InChI=1S/C13H11N5O2S/c19-13(20)10-3-8-9(16-5-15-8)4-18(10)12-11-7(1-2-21-11)14-6-17-12/h1-2,5-6,10H,3-4H2,(H,15,16)(H,19,20)/t10-/m1/s1. The smallest absolute Gasteiger partial charge is 0.326 e. The van der Waals surface area contributed by atoms with E-state index < -0.39 is 12.0 Å². The van der Waals surface area contributed by atoms with Crippen molar-refractivity contribution in [3.63, 3.8) is 0 Å². The number of carboxylic acids is 1. The molecular weight excluding hydrogens is 290 g/mol. The average molecular weight is 301 g/mol. The summed E-state index contributed by atoms with van der Waals surface area (Å²) in [7, 11) is 0. The SMILES string of the molecule is O=C(O)[C@H]1Cc2nc[nH]c2CN1c1ncnc2ccsc12. The predicted molar refractivity (Wildman–Crippen MR) is 77.3 cm³/mol. The Labute approximate surface area is 123 Å². The van der Waals surface area contributed by atoms with Crippen LogP contribution in [0.15, 0.2) is 24.1 Å². The average Bonchev–Trinajstić information content (AvgIpc) is 3.13. The Balaban J connectivity index is 1.85. The second-order valence-corrected chi connectivity index (χ2v) is 5.76. The minimum atomic E-state index is -0.869. The second kappa shape index (κ2) is 4.52. The van der Waals surface area contributed by atoms with Gasteiger partial charge in [-0.3, -0.25) is 0 Å². The number of nitrogens with zero attached hydrogens (tertiary/aromatic N) is 4. The molecule has 1 atom stereocenters. The summed E-state index contributed by atoms with van der Waals surface area (Å²) in [5.74, 6) is -0.199. The molecule has 2 N–H and O–H groups in total. The predicted octanol–water partition coefficient (Wildman–Crippen LogP) is 1.43. The monoisotopic (exact) mass is 301 g/mol. The third-order valence-electron chi connectivity index (χ3n) is 3.68. The number of aromatic nitrogens is 4. The van der Waals surface area contributed by atoms with Crippen LogP contribution in [0, 0.1) is 0 Å². The van der Waals surface area contributed by atoms with Crippen LogP contribution in [-0.2, 0) is 17.8 Å². The lowest BCUT2D eigenvalue weighted by Crippen LogP contribution is -2.46. The Morgan fingerprint density at radius 2 is 2.33 bits per heavy atom. The summed E-state index contributed by atoms with van der Waals surface area (Å²) in [4.78, 5) is 29.2. The van der Waals surface area contributed by atoms with Crippen LogP contribution >= 0.6 is 11.3 Å². The van der Waals surface area contributed by atoms with Crippen molar-refractivity contribution in [3.8, 4) is 0 Å². The highest BCUT2D eigenvalue weighted by molar-refractivity contribution is 7.17. The van der Waals surface area contributed by atoms with Crippen LogP contribution in [0.1, 0.15) is 11.4 Å². The molecular formula is C13H11N5O2S. The molecule has 0 unspecified atom stereocenters. The summed E-state index contributed by atoms with van der Waals surface area (Å²) < 4.78 is 0.909. The first kappa shape index (κ1) is 12.3. The van der Waals surface area contributed by atoms with Crippen LogP contribution in [0.25, 0.3) is 10.2 Å². The molecule has 0 bridgehead atoms. The lowest BCUT2D eigenvalue weighted by Gasteiger charge is -2.33. The molecule has 4 heterocycles. The van der Waals surface area contributed by atoms with Gasteiger partial charge in [0.05, 0.1) is 34.5 Å². The van der Waals surface area contributed by atoms with Gasteiger partial charge in [-0.05, 0) is 11.4 Å². The quantitative estimate of drug-likeness (QED) is 0.743. The van der Waals surface area contributed by atoms with Crippen molar-refractivity contribution in [2.45, 2.75) is 19.0 Å². The van der Waals surface area contributed by atoms with Gasteiger partial charge in [0.2, 0.25) is 0 Å². The lowest BCUT2D eigenvalue weighted by atomic mass is 10.0. The van der Waals surface area contributed by atoms with E-state index in [4.69, 9.17) is 0 Å². The van der Waals surface area contributed by atoms with Crippen molar-refractivity contribution in [1.82, 2.24) is 19.9 Å². The van der Waals surface area contributed by atoms with Crippen molar-refractivity contribution in [2.24, 2.45) is 0 Å². The Hall–Kier alpha value is -2.48. The molecule has 21 heavy (non-hydrogen) atoms. The Morgan fingerprint density at radius 1 is 1.43 bits per heavy atom. The van der Waals surface area contributed by atoms with Gasteiger partial charge in [-0.2, -0.15) is 0 Å². The number of aromatic amines is 1. The van der Waals surface area contributed by atoms with Gasteiger partial charge in [0.25, 0.3) is 0 Å². The molecule has 0 amide bonds. The molecule has 0 fully saturated rings. The number of thiophene rings is 1. The van der Waals surface area contributed by atoms with E-state index in [0.717, 1.165) is 21.6 Å². The molecule has 0 aromatic carbocycles. The minimum absolute atomic E-state index is 0.366. The number of hydrogen-bond acceptors (Lipinski definition) is 6. The normalized spacial score (nSPS) is 17.9. The van der Waals surface area contributed by atoms with Gasteiger partial charge in [-0.15, -0.1) is 11.3 Å². The number of carboxylic acid groups (broad SMARTS) is 1. The molecule has 3 aromatic heterocycles. The molecule has 0 saturated carbocycles. The van der Waals surface area contributed by atoms with Gasteiger partial charge in [-0.1, -0.05) is 0 Å². The summed E-state index contributed by atoms with van der Waals surface area (Å²) in [5, 5.41) is 11.5. The van der Waals surface area contributed by atoms with E-state index in [1.807, 2.05) is 16.3 Å². The van der Waals surface area contributed by atoms with E-state index in [9.17, 15) is 9.90 Å². The van der Waals surface area contributed by atoms with Crippen LogP contribution in [0.2, 0.25) is 0 Å². The van der Waals surface area contributed by atoms with Crippen LogP contribution in [-0.4, -0.2) is 37.1 Å². The van der Waals surface area contributed by atoms with E-state index in [1.165, 1.54) is 17.7 Å². The van der Waals surface area contributed by atoms with Crippen molar-refractivity contribution in [1.29, 1.82) is 0 Å². The maximum absolute atomic E-state index is 11.6. The molecule has 8 heteroatoms. The van der Waals surface area contributed by atoms with Gasteiger partial charge >= 0.3 is 5.97 Å². The summed E-state index contributed by atoms with van der Waals surface area (Å²) in [5.41, 5.74) is 2.59. The van der Waals surface area contributed by atoms with Crippen molar-refractivity contribution in [2.75, 3.05) is 4.90 Å². The summed E-state index contributed by atoms with van der Waals surface area (Å²) in [6.07, 6.45) is 3.45. The largest absolute Gasteiger partial charge is 0.480 e. The Bertz CT molecular complexity index is 827. The van der Waals surface area contributed by atoms with E-state index >= 15 is 0 Å². The molecule has 1 aliphatic rings. The molecule has 0 saturated heterocycles. The molecule has 1 aliphatic heterocycles. The number of aliphatic carboxylic acids is 1. The zero-order valence-corrected chi connectivity index (χ0v) is 11.7. The summed E-state index contributed by atoms with van der Waals surface area (Å²) in [6, 6.07) is 1.24. The number of rotatable bonds is 2. The van der Waals surface area contributed by atoms with Crippen molar-refractivity contribution >= 4 is 33.3 Å². The zero-order chi connectivity index (χ0) is 14.4.